The smallest absolute Gasteiger partial charge is 0.265 e. The van der Waals surface area contributed by atoms with Crippen molar-refractivity contribution < 1.29 is 14.3 Å². The van der Waals surface area contributed by atoms with Gasteiger partial charge in [-0.05, 0) is 49.4 Å². The van der Waals surface area contributed by atoms with Crippen LogP contribution in [0.4, 0.5) is 11.4 Å². The van der Waals surface area contributed by atoms with Gasteiger partial charge in [0.25, 0.3) is 11.8 Å². The Labute approximate surface area is 135 Å². The maximum atomic E-state index is 12.2. The van der Waals surface area contributed by atoms with Crippen LogP contribution in [0.25, 0.3) is 0 Å². The average molecular weight is 361 g/mol. The molecule has 0 saturated carbocycles. The molecule has 2 N–H and O–H groups in total. The van der Waals surface area contributed by atoms with E-state index in [2.05, 4.69) is 26.6 Å². The van der Waals surface area contributed by atoms with Crippen molar-refractivity contribution in [2.45, 2.75) is 13.0 Å². The van der Waals surface area contributed by atoms with Gasteiger partial charge in [0.15, 0.2) is 6.10 Å². The average Bonchev–Trinajstić information content (AvgIpc) is 2.49. The summed E-state index contributed by atoms with van der Waals surface area (Å²) in [5, 5.41) is 5.54. The summed E-state index contributed by atoms with van der Waals surface area (Å²) >= 11 is 3.33. The van der Waals surface area contributed by atoms with Crippen LogP contribution in [0.3, 0.4) is 0 Å². The van der Waals surface area contributed by atoms with E-state index >= 15 is 0 Å². The molecule has 1 atom stereocenters. The summed E-state index contributed by atoms with van der Waals surface area (Å²) in [6, 6.07) is 12.2. The molecule has 0 saturated heterocycles. The number of hydrogen-bond donors (Lipinski definition) is 2. The van der Waals surface area contributed by atoms with Crippen molar-refractivity contribution in [2.75, 3.05) is 10.6 Å². The highest BCUT2D eigenvalue weighted by atomic mass is 79.9. The van der Waals surface area contributed by atoms with Crippen LogP contribution < -0.4 is 15.4 Å². The molecule has 112 valence electrons. The molecule has 2 aromatic carbocycles. The number of nitrogens with one attached hydrogen (secondary N) is 2. The highest BCUT2D eigenvalue weighted by Crippen LogP contribution is 2.32. The number of anilines is 2. The van der Waals surface area contributed by atoms with E-state index in [0.717, 1.165) is 4.47 Å². The summed E-state index contributed by atoms with van der Waals surface area (Å²) in [6.07, 6.45) is -0.518. The van der Waals surface area contributed by atoms with Crippen molar-refractivity contribution in [2.24, 2.45) is 0 Å². The van der Waals surface area contributed by atoms with Gasteiger partial charge >= 0.3 is 0 Å². The van der Waals surface area contributed by atoms with E-state index < -0.39 is 6.10 Å². The molecule has 1 aliphatic rings. The Morgan fingerprint density at radius 3 is 2.68 bits per heavy atom. The standard InChI is InChI=1S/C16H13BrN2O3/c1-9-15(20)19-13-8-12(6-7-14(13)22-9)18-16(21)10-2-4-11(17)5-3-10/h2-9H,1H3,(H,18,21)(H,19,20)/t9-/m1/s1. The maximum Gasteiger partial charge on any atom is 0.265 e. The van der Waals surface area contributed by atoms with Crippen LogP contribution in [-0.4, -0.2) is 17.9 Å². The van der Waals surface area contributed by atoms with Gasteiger partial charge in [0.05, 0.1) is 5.69 Å². The van der Waals surface area contributed by atoms with E-state index in [1.807, 2.05) is 0 Å². The van der Waals surface area contributed by atoms with Crippen molar-refractivity contribution in [1.82, 2.24) is 0 Å². The fourth-order valence-corrected chi connectivity index (χ4v) is 2.36. The van der Waals surface area contributed by atoms with E-state index in [1.54, 1.807) is 49.4 Å². The summed E-state index contributed by atoms with van der Waals surface area (Å²) < 4.78 is 6.38. The molecule has 0 fully saturated rings. The Bertz CT molecular complexity index is 744. The van der Waals surface area contributed by atoms with Gasteiger partial charge in [-0.1, -0.05) is 15.9 Å². The topological polar surface area (TPSA) is 67.4 Å². The molecule has 1 heterocycles. The van der Waals surface area contributed by atoms with E-state index in [0.29, 0.717) is 22.7 Å². The molecule has 5 nitrogen and oxygen atoms in total. The Morgan fingerprint density at radius 2 is 1.95 bits per heavy atom. The number of carbonyl (C=O) groups is 2. The first-order valence-corrected chi connectivity index (χ1v) is 7.51. The first-order chi connectivity index (χ1) is 10.5. The minimum Gasteiger partial charge on any atom is -0.479 e. The minimum atomic E-state index is -0.518. The number of carbonyl (C=O) groups excluding carboxylic acids is 2. The summed E-state index contributed by atoms with van der Waals surface area (Å²) in [6.45, 7) is 1.68. The maximum absolute atomic E-state index is 12.2. The summed E-state index contributed by atoms with van der Waals surface area (Å²) in [5.41, 5.74) is 1.69. The van der Waals surface area contributed by atoms with Crippen LogP contribution in [0.1, 0.15) is 17.3 Å². The van der Waals surface area contributed by atoms with Gasteiger partial charge < -0.3 is 15.4 Å². The van der Waals surface area contributed by atoms with Gasteiger partial charge in [-0.2, -0.15) is 0 Å². The fraction of sp³-hybridized carbons (Fsp3) is 0.125. The summed E-state index contributed by atoms with van der Waals surface area (Å²) in [7, 11) is 0. The molecule has 2 amide bonds. The number of halogens is 1. The fourth-order valence-electron chi connectivity index (χ4n) is 2.09. The predicted molar refractivity (Wildman–Crippen MR) is 87.3 cm³/mol. The van der Waals surface area contributed by atoms with Crippen LogP contribution in [-0.2, 0) is 4.79 Å². The van der Waals surface area contributed by atoms with Crippen molar-refractivity contribution in [1.29, 1.82) is 0 Å². The molecule has 0 radical (unpaired) electrons. The third kappa shape index (κ3) is 2.96. The molecule has 0 unspecified atom stereocenters. The first kappa shape index (κ1) is 14.6. The van der Waals surface area contributed by atoms with E-state index in [4.69, 9.17) is 4.74 Å². The molecule has 0 aromatic heterocycles. The molecular weight excluding hydrogens is 348 g/mol. The molecule has 2 aromatic rings. The van der Waals surface area contributed by atoms with Gasteiger partial charge in [0.1, 0.15) is 5.75 Å². The predicted octanol–water partition coefficient (Wildman–Crippen LogP) is 3.42. The summed E-state index contributed by atoms with van der Waals surface area (Å²) in [5.74, 6) is 0.168. The zero-order valence-corrected chi connectivity index (χ0v) is 13.3. The second-order valence-electron chi connectivity index (χ2n) is 4.92. The van der Waals surface area contributed by atoms with Crippen LogP contribution in [0.15, 0.2) is 46.9 Å². The lowest BCUT2D eigenvalue weighted by Crippen LogP contribution is -2.34. The molecule has 1 aliphatic heterocycles. The van der Waals surface area contributed by atoms with Crippen molar-refractivity contribution >= 4 is 39.1 Å². The van der Waals surface area contributed by atoms with Crippen LogP contribution in [0.2, 0.25) is 0 Å². The lowest BCUT2D eigenvalue weighted by molar-refractivity contribution is -0.122. The van der Waals surface area contributed by atoms with E-state index in [9.17, 15) is 9.59 Å². The molecular formula is C16H13BrN2O3. The van der Waals surface area contributed by atoms with Gasteiger partial charge in [-0.3, -0.25) is 9.59 Å². The number of hydrogen-bond acceptors (Lipinski definition) is 3. The second kappa shape index (κ2) is 5.81. The highest BCUT2D eigenvalue weighted by molar-refractivity contribution is 9.10. The normalized spacial score (nSPS) is 16.3. The third-order valence-corrected chi connectivity index (χ3v) is 3.80. The van der Waals surface area contributed by atoms with Gasteiger partial charge in [0, 0.05) is 15.7 Å². The Morgan fingerprint density at radius 1 is 1.23 bits per heavy atom. The number of fused-ring (bicyclic) bond motifs is 1. The lowest BCUT2D eigenvalue weighted by Gasteiger charge is -2.23. The largest absolute Gasteiger partial charge is 0.479 e. The minimum absolute atomic E-state index is 0.205. The quantitative estimate of drug-likeness (QED) is 0.861. The molecule has 0 spiro atoms. The highest BCUT2D eigenvalue weighted by Gasteiger charge is 2.23. The Balaban J connectivity index is 1.79. The van der Waals surface area contributed by atoms with Gasteiger partial charge in [0.2, 0.25) is 0 Å². The van der Waals surface area contributed by atoms with Crippen LogP contribution >= 0.6 is 15.9 Å². The molecule has 0 bridgehead atoms. The zero-order chi connectivity index (χ0) is 15.7. The second-order valence-corrected chi connectivity index (χ2v) is 5.84. The monoisotopic (exact) mass is 360 g/mol. The molecule has 22 heavy (non-hydrogen) atoms. The summed E-state index contributed by atoms with van der Waals surface area (Å²) in [4.78, 5) is 23.8. The van der Waals surface area contributed by atoms with Gasteiger partial charge in [-0.25, -0.2) is 0 Å². The van der Waals surface area contributed by atoms with Gasteiger partial charge in [-0.15, -0.1) is 0 Å². The number of rotatable bonds is 2. The Hall–Kier alpha value is -2.34. The first-order valence-electron chi connectivity index (χ1n) is 6.71. The zero-order valence-electron chi connectivity index (χ0n) is 11.7. The number of ether oxygens (including phenoxy) is 1. The molecule has 0 aliphatic carbocycles. The van der Waals surface area contributed by atoms with Crippen molar-refractivity contribution in [3.8, 4) is 5.75 Å². The number of benzene rings is 2. The lowest BCUT2D eigenvalue weighted by atomic mass is 10.2. The van der Waals surface area contributed by atoms with Crippen LogP contribution in [0.5, 0.6) is 5.75 Å². The molecule has 3 rings (SSSR count). The number of amides is 2. The van der Waals surface area contributed by atoms with E-state index in [1.165, 1.54) is 0 Å². The SMILES string of the molecule is C[C@H]1Oc2ccc(NC(=O)c3ccc(Br)cc3)cc2NC1=O. The van der Waals surface area contributed by atoms with Crippen molar-refractivity contribution in [3.05, 3.63) is 52.5 Å². The third-order valence-electron chi connectivity index (χ3n) is 3.27. The van der Waals surface area contributed by atoms with Crippen LogP contribution in [0, 0.1) is 0 Å². The van der Waals surface area contributed by atoms with Crippen molar-refractivity contribution in [3.63, 3.8) is 0 Å². The Kier molecular flexibility index (Phi) is 3.85. The molecule has 6 heteroatoms. The van der Waals surface area contributed by atoms with E-state index in [-0.39, 0.29) is 11.8 Å².